The highest BCUT2D eigenvalue weighted by Crippen LogP contribution is 2.41. The predicted octanol–water partition coefficient (Wildman–Crippen LogP) is 0.504. The number of rotatable bonds is 0. The van der Waals surface area contributed by atoms with Gasteiger partial charge < -0.3 is 0 Å². The van der Waals surface area contributed by atoms with Gasteiger partial charge in [-0.15, -0.1) is 0 Å². The standard InChI is InChI=1S/H2NO2P2/c2-5-1-4-3-5/h4H,(H,1,2)/q+1/p+1. The van der Waals surface area contributed by atoms with E-state index in [1.54, 1.807) is 0 Å². The fourth-order valence-electron chi connectivity index (χ4n) is 0.0957. The third-order valence-corrected chi connectivity index (χ3v) is 2.76. The molecule has 1 fully saturated rings. The van der Waals surface area contributed by atoms with E-state index >= 15 is 0 Å². The summed E-state index contributed by atoms with van der Waals surface area (Å²) >= 11 is 0. The SMILES string of the molecule is O=[P+]1N[PH2+]O1. The average Bonchev–Trinajstić information content (AvgIpc) is 1.30. The van der Waals surface area contributed by atoms with Crippen LogP contribution in [-0.4, -0.2) is 0 Å². The molecule has 1 saturated heterocycles. The zero-order valence-electron chi connectivity index (χ0n) is 2.34. The third kappa shape index (κ3) is 0.642. The lowest BCUT2D eigenvalue weighted by atomic mass is 13.9. The zero-order chi connectivity index (χ0) is 3.70. The van der Waals surface area contributed by atoms with Crippen molar-refractivity contribution in [2.24, 2.45) is 0 Å². The lowest BCUT2D eigenvalue weighted by molar-refractivity contribution is 0.507. The summed E-state index contributed by atoms with van der Waals surface area (Å²) in [6.07, 6.45) is 0. The van der Waals surface area contributed by atoms with E-state index in [1.807, 2.05) is 0 Å². The van der Waals surface area contributed by atoms with Gasteiger partial charge >= 0.3 is 17.1 Å². The van der Waals surface area contributed by atoms with Crippen LogP contribution in [0.15, 0.2) is 0 Å². The Labute approximate surface area is 31.9 Å². The van der Waals surface area contributed by atoms with E-state index in [4.69, 9.17) is 0 Å². The van der Waals surface area contributed by atoms with Gasteiger partial charge in [-0.05, 0) is 4.57 Å². The van der Waals surface area contributed by atoms with Gasteiger partial charge in [-0.25, -0.2) is 0 Å². The number of hydrogen-bond acceptors (Lipinski definition) is 2. The summed E-state index contributed by atoms with van der Waals surface area (Å²) in [6, 6.07) is 0. The molecule has 3 nitrogen and oxygen atoms in total. The quantitative estimate of drug-likeness (QED) is 0.462. The first-order valence-corrected chi connectivity index (χ1v) is 3.34. The summed E-state index contributed by atoms with van der Waals surface area (Å²) < 4.78 is 14.1. The fourth-order valence-corrected chi connectivity index (χ4v) is 0.862. The minimum Gasteiger partial charge on any atom is -0.000888 e. The Kier molecular flexibility index (Phi) is 0.925. The molecule has 0 amide bonds. The fraction of sp³-hybridized carbons (Fsp3) is 0. The van der Waals surface area contributed by atoms with Crippen LogP contribution in [0.4, 0.5) is 0 Å². The minimum absolute atomic E-state index is 0.104. The molecule has 0 bridgehead atoms. The highest BCUT2D eigenvalue weighted by atomic mass is 31.2. The predicted molar refractivity (Wildman–Crippen MR) is 21.5 cm³/mol. The van der Waals surface area contributed by atoms with Crippen LogP contribution in [0.3, 0.4) is 0 Å². The summed E-state index contributed by atoms with van der Waals surface area (Å²) in [5.74, 6) is 0. The smallest absolute Gasteiger partial charge is 0.000888 e. The molecular weight excluding hydrogens is 108 g/mol. The Balaban J connectivity index is 2.32. The van der Waals surface area contributed by atoms with Crippen LogP contribution in [0.25, 0.3) is 0 Å². The molecule has 1 rings (SSSR count). The Morgan fingerprint density at radius 3 is 2.40 bits per heavy atom. The van der Waals surface area contributed by atoms with Gasteiger partial charge in [0.1, 0.15) is 0 Å². The van der Waals surface area contributed by atoms with Crippen molar-refractivity contribution in [3.05, 3.63) is 0 Å². The molecule has 0 radical (unpaired) electrons. The van der Waals surface area contributed by atoms with E-state index in [-0.39, 0.29) is 8.96 Å². The number of hydrogen-bond donors (Lipinski definition) is 1. The molecular formula is H3NO2P2+2. The van der Waals surface area contributed by atoms with Gasteiger partial charge in [0.25, 0.3) is 0 Å². The Bertz CT molecular complexity index is 54.7. The Morgan fingerprint density at radius 1 is 2.00 bits per heavy atom. The van der Waals surface area contributed by atoms with Crippen molar-refractivity contribution in [2.75, 3.05) is 0 Å². The molecule has 2 atom stereocenters. The van der Waals surface area contributed by atoms with Gasteiger partial charge in [0.2, 0.25) is 0 Å². The first-order valence-electron chi connectivity index (χ1n) is 1.11. The lowest BCUT2D eigenvalue weighted by Gasteiger charge is -1.80. The van der Waals surface area contributed by atoms with Crippen molar-refractivity contribution in [1.29, 1.82) is 0 Å². The molecule has 2 unspecified atom stereocenters. The maximum atomic E-state index is 9.73. The van der Waals surface area contributed by atoms with Crippen LogP contribution >= 0.6 is 17.1 Å². The molecule has 5 heteroatoms. The van der Waals surface area contributed by atoms with Crippen molar-refractivity contribution in [1.82, 2.24) is 4.86 Å². The van der Waals surface area contributed by atoms with Crippen molar-refractivity contribution < 1.29 is 8.88 Å². The second kappa shape index (κ2) is 1.27. The Morgan fingerprint density at radius 2 is 2.40 bits per heavy atom. The topological polar surface area (TPSA) is 38.3 Å². The van der Waals surface area contributed by atoms with Gasteiger partial charge in [-0.2, -0.15) is 0 Å². The second-order valence-corrected chi connectivity index (χ2v) is 3.24. The summed E-state index contributed by atoms with van der Waals surface area (Å²) in [4.78, 5) is 2.58. The van der Waals surface area contributed by atoms with E-state index in [0.717, 1.165) is 0 Å². The van der Waals surface area contributed by atoms with Crippen LogP contribution in [0.2, 0.25) is 0 Å². The van der Waals surface area contributed by atoms with Crippen LogP contribution in [0.1, 0.15) is 0 Å². The summed E-state index contributed by atoms with van der Waals surface area (Å²) in [5.41, 5.74) is 0. The maximum Gasteiger partial charge on any atom is 0.687 e. The van der Waals surface area contributed by atoms with Crippen molar-refractivity contribution in [3.63, 3.8) is 0 Å². The summed E-state index contributed by atoms with van der Waals surface area (Å²) in [6.45, 7) is 0. The first-order chi connectivity index (χ1) is 2.39. The van der Waals surface area contributed by atoms with E-state index < -0.39 is 8.18 Å². The summed E-state index contributed by atoms with van der Waals surface area (Å²) in [7, 11) is -1.48. The van der Waals surface area contributed by atoms with Crippen molar-refractivity contribution >= 4 is 17.1 Å². The normalized spacial score (nSPS) is 34.0. The van der Waals surface area contributed by atoms with Crippen molar-refractivity contribution in [2.45, 2.75) is 0 Å². The maximum absolute atomic E-state index is 9.73. The summed E-state index contributed by atoms with van der Waals surface area (Å²) in [5, 5.41) is 0. The second-order valence-electron chi connectivity index (χ2n) is 0.609. The largest absolute Gasteiger partial charge is 0.687 e. The highest BCUT2D eigenvalue weighted by molar-refractivity contribution is 7.63. The first kappa shape index (κ1) is 3.63. The monoisotopic (exact) mass is 111 g/mol. The Hall–Kier alpha value is 0.450. The van der Waals surface area contributed by atoms with E-state index in [2.05, 4.69) is 9.17 Å². The van der Waals surface area contributed by atoms with Gasteiger partial charge in [0.15, 0.2) is 0 Å². The van der Waals surface area contributed by atoms with E-state index in [9.17, 15) is 4.57 Å². The van der Waals surface area contributed by atoms with Gasteiger partial charge in [0, 0.05) is 4.31 Å². The van der Waals surface area contributed by atoms with Crippen LogP contribution in [-0.2, 0) is 8.88 Å². The molecule has 1 aliphatic heterocycles. The molecule has 0 aromatic heterocycles. The lowest BCUT2D eigenvalue weighted by Crippen LogP contribution is -1.95. The van der Waals surface area contributed by atoms with E-state index in [0.29, 0.717) is 0 Å². The molecule has 0 aliphatic carbocycles. The van der Waals surface area contributed by atoms with Crippen LogP contribution < -0.4 is 4.86 Å². The number of nitrogens with one attached hydrogen (secondary N) is 1. The van der Waals surface area contributed by atoms with Gasteiger partial charge in [0.05, 0.1) is 4.86 Å². The molecule has 0 spiro atoms. The zero-order valence-corrected chi connectivity index (χ0v) is 4.39. The van der Waals surface area contributed by atoms with E-state index in [1.165, 1.54) is 0 Å². The molecule has 5 heavy (non-hydrogen) atoms. The molecule has 0 saturated carbocycles. The average molecular weight is 111 g/mol. The molecule has 0 aromatic carbocycles. The van der Waals surface area contributed by atoms with Gasteiger partial charge in [-0.1, -0.05) is 0 Å². The molecule has 0 aromatic rings. The van der Waals surface area contributed by atoms with Gasteiger partial charge in [-0.3, -0.25) is 0 Å². The highest BCUT2D eigenvalue weighted by Gasteiger charge is 2.38. The minimum atomic E-state index is -1.38. The van der Waals surface area contributed by atoms with Crippen molar-refractivity contribution in [3.8, 4) is 0 Å². The third-order valence-electron chi connectivity index (χ3n) is 0.307. The molecule has 1 N–H and O–H groups in total. The van der Waals surface area contributed by atoms with Crippen LogP contribution in [0, 0.1) is 0 Å². The molecule has 28 valence electrons. The molecule has 1 aliphatic rings. The molecule has 1 heterocycles. The van der Waals surface area contributed by atoms with Crippen LogP contribution in [0.5, 0.6) is 0 Å².